The summed E-state index contributed by atoms with van der Waals surface area (Å²) in [5, 5.41) is 102. The van der Waals surface area contributed by atoms with Crippen molar-refractivity contribution in [2.45, 2.75) is 76.5 Å². The first-order valence-corrected chi connectivity index (χ1v) is 23.9. The highest BCUT2D eigenvalue weighted by Crippen LogP contribution is 2.12. The minimum absolute atomic E-state index is 0.0326. The SMILES string of the molecule is C=CC(=O)OC(CO)C(CO)CCO.C=CC(=O)OC(CO)CO.C=CC(=O)OCC(C)O.C=CC(=O)OCC(O)CC.C=CC(=O)OCC(O)CO.C=CC(=O)OCCCCO.C=CC(=O)OCCCO.C=CC(=O)OCCO. The third-order valence-electron chi connectivity index (χ3n) is 7.39. The Hall–Kier alpha value is -6.80. The van der Waals surface area contributed by atoms with E-state index in [0.29, 0.717) is 32.3 Å². The molecule has 0 aliphatic heterocycles. The molecule has 0 bridgehead atoms. The van der Waals surface area contributed by atoms with Crippen molar-refractivity contribution in [1.29, 1.82) is 0 Å². The lowest BCUT2D eigenvalue weighted by Gasteiger charge is -2.22. The molecule has 0 amide bonds. The Bertz CT molecular complexity index is 1620. The number of aliphatic hydroxyl groups excluding tert-OH is 12. The van der Waals surface area contributed by atoms with Gasteiger partial charge in [0.2, 0.25) is 0 Å². The largest absolute Gasteiger partial charge is 0.463 e. The highest BCUT2D eigenvalue weighted by atomic mass is 16.6. The van der Waals surface area contributed by atoms with Crippen molar-refractivity contribution < 1.29 is 138 Å². The van der Waals surface area contributed by atoms with Gasteiger partial charge in [-0.15, -0.1) is 0 Å². The molecule has 0 aromatic heterocycles. The normalized spacial score (nSPS) is 11.0. The molecule has 0 saturated heterocycles. The molecular formula is C52H88O28. The van der Waals surface area contributed by atoms with Gasteiger partial charge in [-0.05, 0) is 32.6 Å². The number of hydrogen-bond donors (Lipinski definition) is 12. The number of unbranched alkanes of at least 4 members (excludes halogenated alkanes) is 1. The predicted octanol–water partition coefficient (Wildman–Crippen LogP) is -1.92. The third kappa shape index (κ3) is 80.1. The molecule has 0 rings (SSSR count). The van der Waals surface area contributed by atoms with Crippen LogP contribution < -0.4 is 0 Å². The quantitative estimate of drug-likeness (QED) is 0.0145. The Kier molecular flexibility index (Phi) is 81.0. The molecule has 0 heterocycles. The molecule has 0 aliphatic rings. The smallest absolute Gasteiger partial charge is 0.330 e. The second kappa shape index (κ2) is 72.2. The summed E-state index contributed by atoms with van der Waals surface area (Å²) < 4.78 is 36.0. The first-order valence-electron chi connectivity index (χ1n) is 23.9. The van der Waals surface area contributed by atoms with Crippen LogP contribution in [0.25, 0.3) is 0 Å². The molecule has 464 valence electrons. The summed E-state index contributed by atoms with van der Waals surface area (Å²) in [5.74, 6) is -4.70. The van der Waals surface area contributed by atoms with Crippen LogP contribution in [0.15, 0.2) is 101 Å². The maximum atomic E-state index is 10.8. The van der Waals surface area contributed by atoms with Crippen LogP contribution in [0.3, 0.4) is 0 Å². The lowest BCUT2D eigenvalue weighted by molar-refractivity contribution is -0.150. The zero-order chi connectivity index (χ0) is 63.5. The molecular weight excluding hydrogens is 1070 g/mol. The maximum Gasteiger partial charge on any atom is 0.330 e. The Balaban J connectivity index is -0.000000124. The van der Waals surface area contributed by atoms with Crippen molar-refractivity contribution >= 4 is 47.8 Å². The fraction of sp³-hybridized carbons (Fsp3) is 0.538. The molecule has 0 radical (unpaired) electrons. The zero-order valence-corrected chi connectivity index (χ0v) is 45.8. The fourth-order valence-electron chi connectivity index (χ4n) is 3.24. The van der Waals surface area contributed by atoms with E-state index in [1.165, 1.54) is 6.92 Å². The summed E-state index contributed by atoms with van der Waals surface area (Å²) in [6.07, 6.45) is 7.29. The molecule has 0 saturated carbocycles. The minimum atomic E-state index is -0.996. The van der Waals surface area contributed by atoms with E-state index >= 15 is 0 Å². The number of rotatable bonds is 34. The number of hydrogen-bond acceptors (Lipinski definition) is 28. The molecule has 0 aromatic rings. The van der Waals surface area contributed by atoms with Crippen LogP contribution in [0, 0.1) is 5.92 Å². The highest BCUT2D eigenvalue weighted by Gasteiger charge is 2.23. The van der Waals surface area contributed by atoms with E-state index in [1.54, 1.807) is 0 Å². The van der Waals surface area contributed by atoms with Gasteiger partial charge in [0.1, 0.15) is 44.7 Å². The molecule has 0 aliphatic carbocycles. The van der Waals surface area contributed by atoms with E-state index in [4.69, 9.17) is 66.0 Å². The molecule has 0 fully saturated rings. The van der Waals surface area contributed by atoms with E-state index in [9.17, 15) is 38.4 Å². The van der Waals surface area contributed by atoms with Crippen LogP contribution in [0.4, 0.5) is 0 Å². The molecule has 28 nitrogen and oxygen atoms in total. The van der Waals surface area contributed by atoms with E-state index in [-0.39, 0.29) is 92.3 Å². The van der Waals surface area contributed by atoms with Gasteiger partial charge in [0.15, 0.2) is 0 Å². The number of esters is 8. The van der Waals surface area contributed by atoms with Gasteiger partial charge >= 0.3 is 47.8 Å². The lowest BCUT2D eigenvalue weighted by atomic mass is 10.0. The summed E-state index contributed by atoms with van der Waals surface area (Å²) in [6.45, 7) is 27.5. The van der Waals surface area contributed by atoms with Gasteiger partial charge in [-0.3, -0.25) is 0 Å². The van der Waals surface area contributed by atoms with Crippen LogP contribution >= 0.6 is 0 Å². The molecule has 80 heavy (non-hydrogen) atoms. The van der Waals surface area contributed by atoms with E-state index in [0.717, 1.165) is 48.6 Å². The van der Waals surface area contributed by atoms with Crippen LogP contribution in [0.5, 0.6) is 0 Å². The average molecular weight is 1160 g/mol. The van der Waals surface area contributed by atoms with Crippen molar-refractivity contribution in [3.8, 4) is 0 Å². The van der Waals surface area contributed by atoms with Crippen molar-refractivity contribution in [1.82, 2.24) is 0 Å². The summed E-state index contributed by atoms with van der Waals surface area (Å²) in [7, 11) is 0. The zero-order valence-electron chi connectivity index (χ0n) is 45.8. The Morgan fingerprint density at radius 3 is 1.06 bits per heavy atom. The van der Waals surface area contributed by atoms with Crippen LogP contribution in [-0.2, 0) is 76.3 Å². The molecule has 12 N–H and O–H groups in total. The van der Waals surface area contributed by atoms with Crippen LogP contribution in [0.1, 0.15) is 46.0 Å². The second-order valence-corrected chi connectivity index (χ2v) is 14.0. The van der Waals surface area contributed by atoms with E-state index in [2.05, 4.69) is 85.8 Å². The monoisotopic (exact) mass is 1160 g/mol. The summed E-state index contributed by atoms with van der Waals surface area (Å²) in [4.78, 5) is 82.9. The Morgan fingerprint density at radius 1 is 0.388 bits per heavy atom. The van der Waals surface area contributed by atoms with Gasteiger partial charge in [-0.1, -0.05) is 59.6 Å². The van der Waals surface area contributed by atoms with Gasteiger partial charge < -0.3 is 99.2 Å². The molecule has 5 unspecified atom stereocenters. The van der Waals surface area contributed by atoms with Crippen molar-refractivity contribution in [2.75, 3.05) is 99.1 Å². The topological polar surface area (TPSA) is 453 Å². The minimum Gasteiger partial charge on any atom is -0.463 e. The van der Waals surface area contributed by atoms with E-state index < -0.39 is 90.8 Å². The number of carbonyl (C=O) groups is 8. The number of aliphatic hydroxyl groups is 12. The number of ether oxygens (including phenoxy) is 8. The molecule has 5 atom stereocenters. The van der Waals surface area contributed by atoms with Crippen LogP contribution in [0.2, 0.25) is 0 Å². The first kappa shape index (κ1) is 89.8. The highest BCUT2D eigenvalue weighted by molar-refractivity contribution is 5.83. The van der Waals surface area contributed by atoms with Crippen molar-refractivity contribution in [3.05, 3.63) is 101 Å². The van der Waals surface area contributed by atoms with Gasteiger partial charge in [0.05, 0.1) is 58.5 Å². The Labute approximate surface area is 467 Å². The predicted molar refractivity (Wildman–Crippen MR) is 287 cm³/mol. The average Bonchev–Trinajstić information content (AvgIpc) is 3.48. The van der Waals surface area contributed by atoms with Gasteiger partial charge in [0.25, 0.3) is 0 Å². The van der Waals surface area contributed by atoms with Gasteiger partial charge in [-0.25, -0.2) is 38.4 Å². The molecule has 28 heteroatoms. The van der Waals surface area contributed by atoms with Gasteiger partial charge in [-0.2, -0.15) is 0 Å². The summed E-state index contributed by atoms with van der Waals surface area (Å²) in [6, 6.07) is 0. The lowest BCUT2D eigenvalue weighted by Crippen LogP contribution is -2.32. The summed E-state index contributed by atoms with van der Waals surface area (Å²) in [5.41, 5.74) is 0. The molecule has 0 aromatic carbocycles. The Morgan fingerprint density at radius 2 is 0.750 bits per heavy atom. The van der Waals surface area contributed by atoms with Crippen LogP contribution in [-0.4, -0.2) is 239 Å². The first-order chi connectivity index (χ1) is 37.9. The molecule has 0 spiro atoms. The maximum absolute atomic E-state index is 10.8. The standard InChI is InChI=1S/C9H16O5.2C7H12O3.2C6H10O4.2C6H10O3.C5H8O3/c1-2-9(13)14-8(6-12)7(5-11)3-4-10;1-3-6(8)5-10-7(9)4-2;1-2-7(9)10-6-4-3-5-8;1-2-6(9)10-4-5(8)3-7;1-2-6(9)10-5(3-7)4-8;1-3-6(8)9-4-5(2)7;1-2-6(8)9-5-3-4-7;1-2-5(7)8-4-3-6/h2,7-8,10-12H,1,3-6H2;4,6,8H,2-3,5H2,1H3;2,8H,1,3-6H2;2*2,5,7-8H,1,3-4H2;3,5,7H,1,4H2,2H3;2,7H,1,3-5H2;2,6H,1,3-4H2. The fourth-order valence-corrected chi connectivity index (χ4v) is 3.24. The third-order valence-corrected chi connectivity index (χ3v) is 7.39. The number of carbonyl (C=O) groups excluding carboxylic acids is 8. The second-order valence-electron chi connectivity index (χ2n) is 14.0. The van der Waals surface area contributed by atoms with Gasteiger partial charge in [0, 0.05) is 87.4 Å². The van der Waals surface area contributed by atoms with E-state index in [1.807, 2.05) is 6.92 Å². The summed E-state index contributed by atoms with van der Waals surface area (Å²) >= 11 is 0. The van der Waals surface area contributed by atoms with Crippen molar-refractivity contribution in [2.24, 2.45) is 5.92 Å². The van der Waals surface area contributed by atoms with Crippen molar-refractivity contribution in [3.63, 3.8) is 0 Å².